The molecule has 0 aliphatic heterocycles. The van der Waals surface area contributed by atoms with Gasteiger partial charge in [-0.25, -0.2) is 9.97 Å². The fraction of sp³-hybridized carbons (Fsp3) is 0.455. The Bertz CT molecular complexity index is 487. The Labute approximate surface area is 104 Å². The van der Waals surface area contributed by atoms with Crippen LogP contribution in [-0.2, 0) is 4.74 Å². The first kappa shape index (κ1) is 12.2. The zero-order chi connectivity index (χ0) is 12.3. The maximum absolute atomic E-state index is 5.94. The topological polar surface area (TPSA) is 64.3 Å². The van der Waals surface area contributed by atoms with Crippen molar-refractivity contribution in [2.24, 2.45) is 5.73 Å². The number of hydrogen-bond donors (Lipinski definition) is 1. The van der Waals surface area contributed by atoms with Crippen LogP contribution in [0.1, 0.15) is 0 Å². The molecule has 92 valence electrons. The number of nitrogens with two attached hydrogens (primary N) is 1. The Morgan fingerprint density at radius 2 is 2.35 bits per heavy atom. The highest BCUT2D eigenvalue weighted by Crippen LogP contribution is 2.26. The molecule has 6 heteroatoms. The van der Waals surface area contributed by atoms with Crippen LogP contribution >= 0.6 is 11.3 Å². The average Bonchev–Trinajstić information content (AvgIpc) is 2.76. The van der Waals surface area contributed by atoms with E-state index in [0.717, 1.165) is 16.0 Å². The number of ether oxygens (including phenoxy) is 1. The molecule has 0 aliphatic carbocycles. The summed E-state index contributed by atoms with van der Waals surface area (Å²) in [5.41, 5.74) is 6.91. The van der Waals surface area contributed by atoms with E-state index in [1.807, 2.05) is 23.4 Å². The lowest BCUT2D eigenvalue weighted by molar-refractivity contribution is 0.181. The van der Waals surface area contributed by atoms with Gasteiger partial charge in [-0.2, -0.15) is 0 Å². The standard InChI is InChI=1S/C11H16N4OS/c1-15(5-8(12)6-16-2)11-10-9(3-4-17-10)13-7-14-11/h3-4,7-8H,5-6,12H2,1-2H3. The number of rotatable bonds is 5. The van der Waals surface area contributed by atoms with Gasteiger partial charge in [0, 0.05) is 26.7 Å². The van der Waals surface area contributed by atoms with Crippen LogP contribution in [0.4, 0.5) is 5.82 Å². The molecule has 0 spiro atoms. The first-order valence-electron chi connectivity index (χ1n) is 5.36. The first-order valence-corrected chi connectivity index (χ1v) is 6.24. The van der Waals surface area contributed by atoms with Crippen LogP contribution in [0.25, 0.3) is 10.2 Å². The number of likely N-dealkylation sites (N-methyl/N-ethyl adjacent to an activating group) is 1. The summed E-state index contributed by atoms with van der Waals surface area (Å²) in [6, 6.07) is 1.98. The van der Waals surface area contributed by atoms with Gasteiger partial charge in [-0.15, -0.1) is 11.3 Å². The Morgan fingerprint density at radius 3 is 3.12 bits per heavy atom. The number of nitrogens with zero attached hydrogens (tertiary/aromatic N) is 3. The number of anilines is 1. The molecule has 0 aromatic carbocycles. The molecule has 2 aromatic heterocycles. The van der Waals surface area contributed by atoms with Crippen molar-refractivity contribution in [1.82, 2.24) is 9.97 Å². The molecule has 0 radical (unpaired) electrons. The number of hydrogen-bond acceptors (Lipinski definition) is 6. The second-order valence-corrected chi connectivity index (χ2v) is 4.84. The predicted octanol–water partition coefficient (Wildman–Crippen LogP) is 1.10. The van der Waals surface area contributed by atoms with Gasteiger partial charge in [-0.3, -0.25) is 0 Å². The molecule has 0 aliphatic rings. The van der Waals surface area contributed by atoms with E-state index < -0.39 is 0 Å². The van der Waals surface area contributed by atoms with Crippen LogP contribution in [0.3, 0.4) is 0 Å². The van der Waals surface area contributed by atoms with E-state index in [2.05, 4.69) is 9.97 Å². The zero-order valence-electron chi connectivity index (χ0n) is 9.96. The zero-order valence-corrected chi connectivity index (χ0v) is 10.8. The third-order valence-electron chi connectivity index (χ3n) is 2.48. The molecule has 1 unspecified atom stereocenters. The van der Waals surface area contributed by atoms with Crippen molar-refractivity contribution in [3.63, 3.8) is 0 Å². The van der Waals surface area contributed by atoms with Gasteiger partial charge in [0.05, 0.1) is 16.8 Å². The molecule has 0 saturated carbocycles. The van der Waals surface area contributed by atoms with Gasteiger partial charge in [-0.1, -0.05) is 0 Å². The van der Waals surface area contributed by atoms with Gasteiger partial charge in [0.15, 0.2) is 0 Å². The molecule has 5 nitrogen and oxygen atoms in total. The van der Waals surface area contributed by atoms with Crippen molar-refractivity contribution < 1.29 is 4.74 Å². The van der Waals surface area contributed by atoms with Gasteiger partial charge in [0.1, 0.15) is 12.1 Å². The molecule has 0 amide bonds. The highest BCUT2D eigenvalue weighted by Gasteiger charge is 2.12. The number of aromatic nitrogens is 2. The Balaban J connectivity index is 2.18. The number of methoxy groups -OCH3 is 1. The normalized spacial score (nSPS) is 12.9. The fourth-order valence-electron chi connectivity index (χ4n) is 1.75. The smallest absolute Gasteiger partial charge is 0.149 e. The van der Waals surface area contributed by atoms with Crippen molar-refractivity contribution in [3.8, 4) is 0 Å². The average molecular weight is 252 g/mol. The Kier molecular flexibility index (Phi) is 3.88. The molecule has 1 atom stereocenters. The predicted molar refractivity (Wildman–Crippen MR) is 70.5 cm³/mol. The maximum atomic E-state index is 5.94. The molecule has 0 bridgehead atoms. The van der Waals surface area contributed by atoms with Crippen LogP contribution in [-0.4, -0.2) is 43.3 Å². The molecule has 0 saturated heterocycles. The van der Waals surface area contributed by atoms with Crippen LogP contribution in [0.5, 0.6) is 0 Å². The van der Waals surface area contributed by atoms with E-state index >= 15 is 0 Å². The third kappa shape index (κ3) is 2.71. The summed E-state index contributed by atoms with van der Waals surface area (Å²) in [4.78, 5) is 10.6. The van der Waals surface area contributed by atoms with Crippen molar-refractivity contribution in [2.45, 2.75) is 6.04 Å². The summed E-state index contributed by atoms with van der Waals surface area (Å²) in [6.07, 6.45) is 1.59. The SMILES string of the molecule is COCC(N)CN(C)c1ncnc2ccsc12. The largest absolute Gasteiger partial charge is 0.383 e. The van der Waals surface area contributed by atoms with E-state index in [-0.39, 0.29) is 6.04 Å². The van der Waals surface area contributed by atoms with Crippen molar-refractivity contribution in [1.29, 1.82) is 0 Å². The lowest BCUT2D eigenvalue weighted by Gasteiger charge is -2.22. The molecular weight excluding hydrogens is 236 g/mol. The van der Waals surface area contributed by atoms with Crippen LogP contribution in [0.2, 0.25) is 0 Å². The van der Waals surface area contributed by atoms with Crippen molar-refractivity contribution in [2.75, 3.05) is 32.2 Å². The lowest BCUT2D eigenvalue weighted by atomic mass is 10.3. The van der Waals surface area contributed by atoms with E-state index in [1.165, 1.54) is 0 Å². The second kappa shape index (κ2) is 5.39. The van der Waals surface area contributed by atoms with Gasteiger partial charge in [0.25, 0.3) is 0 Å². The van der Waals surface area contributed by atoms with E-state index in [9.17, 15) is 0 Å². The van der Waals surface area contributed by atoms with E-state index in [1.54, 1.807) is 24.8 Å². The summed E-state index contributed by atoms with van der Waals surface area (Å²) in [7, 11) is 3.64. The van der Waals surface area contributed by atoms with Crippen LogP contribution < -0.4 is 10.6 Å². The first-order chi connectivity index (χ1) is 8.22. The van der Waals surface area contributed by atoms with Crippen molar-refractivity contribution >= 4 is 27.4 Å². The molecular formula is C11H16N4OS. The minimum atomic E-state index is -0.0185. The Morgan fingerprint density at radius 1 is 1.53 bits per heavy atom. The van der Waals surface area contributed by atoms with E-state index in [4.69, 9.17) is 10.5 Å². The van der Waals surface area contributed by atoms with E-state index in [0.29, 0.717) is 13.2 Å². The molecule has 0 fully saturated rings. The number of thiophene rings is 1. The van der Waals surface area contributed by atoms with Gasteiger partial charge >= 0.3 is 0 Å². The minimum absolute atomic E-state index is 0.0185. The third-order valence-corrected chi connectivity index (χ3v) is 3.37. The van der Waals surface area contributed by atoms with Crippen LogP contribution in [0.15, 0.2) is 17.8 Å². The fourth-order valence-corrected chi connectivity index (χ4v) is 2.64. The van der Waals surface area contributed by atoms with Crippen molar-refractivity contribution in [3.05, 3.63) is 17.8 Å². The monoisotopic (exact) mass is 252 g/mol. The molecule has 2 heterocycles. The molecule has 2 N–H and O–H groups in total. The van der Waals surface area contributed by atoms with Gasteiger partial charge in [-0.05, 0) is 11.4 Å². The quantitative estimate of drug-likeness (QED) is 0.863. The summed E-state index contributed by atoms with van der Waals surface area (Å²) in [5, 5.41) is 2.02. The number of fused-ring (bicyclic) bond motifs is 1. The highest BCUT2D eigenvalue weighted by molar-refractivity contribution is 7.17. The Hall–Kier alpha value is -1.24. The molecule has 17 heavy (non-hydrogen) atoms. The highest BCUT2D eigenvalue weighted by atomic mass is 32.1. The molecule has 2 aromatic rings. The summed E-state index contributed by atoms with van der Waals surface area (Å²) in [5.74, 6) is 0.927. The lowest BCUT2D eigenvalue weighted by Crippen LogP contribution is -2.38. The van der Waals surface area contributed by atoms with Gasteiger partial charge < -0.3 is 15.4 Å². The van der Waals surface area contributed by atoms with Gasteiger partial charge in [0.2, 0.25) is 0 Å². The minimum Gasteiger partial charge on any atom is -0.383 e. The molecule has 2 rings (SSSR count). The second-order valence-electron chi connectivity index (χ2n) is 3.93. The maximum Gasteiger partial charge on any atom is 0.149 e. The summed E-state index contributed by atoms with van der Waals surface area (Å²) in [6.45, 7) is 1.25. The van der Waals surface area contributed by atoms with Crippen LogP contribution in [0, 0.1) is 0 Å². The summed E-state index contributed by atoms with van der Waals surface area (Å²) < 4.78 is 6.13. The summed E-state index contributed by atoms with van der Waals surface area (Å²) >= 11 is 1.64.